The number of aliphatic hydroxyl groups excluding tert-OH is 1. The molecule has 0 bridgehead atoms. The smallest absolute Gasteiger partial charge is 0.139 e. The summed E-state index contributed by atoms with van der Waals surface area (Å²) in [7, 11) is 0. The molecule has 5 heteroatoms. The maximum absolute atomic E-state index is 8.88. The van der Waals surface area contributed by atoms with E-state index in [-0.39, 0.29) is 0 Å². The summed E-state index contributed by atoms with van der Waals surface area (Å²) in [5.41, 5.74) is 0.998. The van der Waals surface area contributed by atoms with E-state index in [1.54, 1.807) is 6.33 Å². The molecule has 1 saturated heterocycles. The fraction of sp³-hybridized carbons (Fsp3) is 0.529. The van der Waals surface area contributed by atoms with Crippen molar-refractivity contribution >= 4 is 32.7 Å². The Morgan fingerprint density at radius 1 is 1.18 bits per heavy atom. The maximum atomic E-state index is 8.88. The summed E-state index contributed by atoms with van der Waals surface area (Å²) < 4.78 is 1.06. The van der Waals surface area contributed by atoms with Gasteiger partial charge in [0.15, 0.2) is 0 Å². The van der Waals surface area contributed by atoms with E-state index in [1.807, 2.05) is 12.1 Å². The van der Waals surface area contributed by atoms with Gasteiger partial charge >= 0.3 is 0 Å². The van der Waals surface area contributed by atoms with Gasteiger partial charge in [0.25, 0.3) is 0 Å². The summed E-state index contributed by atoms with van der Waals surface area (Å²) in [6.45, 7) is 2.44. The van der Waals surface area contributed by atoms with E-state index >= 15 is 0 Å². The number of hydrogen-bond acceptors (Lipinski definition) is 4. The molecule has 0 spiro atoms. The molecule has 0 aliphatic carbocycles. The van der Waals surface area contributed by atoms with Crippen LogP contribution in [0.2, 0.25) is 0 Å². The zero-order valence-electron chi connectivity index (χ0n) is 12.7. The number of benzene rings is 1. The average molecular weight is 364 g/mol. The van der Waals surface area contributed by atoms with Crippen LogP contribution in [0.3, 0.4) is 0 Å². The highest BCUT2D eigenvalue weighted by molar-refractivity contribution is 9.10. The van der Waals surface area contributed by atoms with Crippen molar-refractivity contribution < 1.29 is 5.11 Å². The number of piperidine rings is 1. The molecule has 2 heterocycles. The Bertz CT molecular complexity index is 626. The Hall–Kier alpha value is -1.20. The van der Waals surface area contributed by atoms with Gasteiger partial charge in [-0.1, -0.05) is 28.8 Å². The lowest BCUT2D eigenvalue weighted by molar-refractivity contribution is 0.272. The fourth-order valence-corrected chi connectivity index (χ4v) is 3.61. The van der Waals surface area contributed by atoms with Crippen LogP contribution in [0.1, 0.15) is 32.1 Å². The number of aliphatic hydroxyl groups is 1. The van der Waals surface area contributed by atoms with Crippen molar-refractivity contribution in [3.63, 3.8) is 0 Å². The summed E-state index contributed by atoms with van der Waals surface area (Å²) in [6.07, 6.45) is 7.41. The molecule has 2 aromatic rings. The van der Waals surface area contributed by atoms with Crippen LogP contribution >= 0.6 is 15.9 Å². The van der Waals surface area contributed by atoms with Crippen LogP contribution < -0.4 is 4.90 Å². The van der Waals surface area contributed by atoms with E-state index in [0.29, 0.717) is 6.61 Å². The average Bonchev–Trinajstić information content (AvgIpc) is 2.55. The number of aromatic nitrogens is 2. The first-order valence-corrected chi connectivity index (χ1v) is 8.83. The number of halogens is 1. The molecule has 118 valence electrons. The van der Waals surface area contributed by atoms with E-state index in [4.69, 9.17) is 5.11 Å². The number of unbranched alkanes of at least 4 members (excludes halogenated alkanes) is 1. The van der Waals surface area contributed by atoms with Crippen molar-refractivity contribution in [1.82, 2.24) is 9.97 Å². The molecule has 1 aliphatic heterocycles. The first-order chi connectivity index (χ1) is 10.8. The van der Waals surface area contributed by atoms with Crippen molar-refractivity contribution in [2.45, 2.75) is 32.1 Å². The molecular weight excluding hydrogens is 342 g/mol. The predicted molar refractivity (Wildman–Crippen MR) is 93.1 cm³/mol. The molecule has 0 radical (unpaired) electrons. The quantitative estimate of drug-likeness (QED) is 0.821. The summed E-state index contributed by atoms with van der Waals surface area (Å²) in [4.78, 5) is 11.3. The van der Waals surface area contributed by atoms with Crippen molar-refractivity contribution in [3.8, 4) is 0 Å². The Morgan fingerprint density at radius 3 is 2.77 bits per heavy atom. The molecule has 0 unspecified atom stereocenters. The topological polar surface area (TPSA) is 49.2 Å². The van der Waals surface area contributed by atoms with Crippen molar-refractivity contribution in [2.75, 3.05) is 24.6 Å². The Balaban J connectivity index is 1.70. The largest absolute Gasteiger partial charge is 0.396 e. The molecular formula is C17H22BrN3O. The highest BCUT2D eigenvalue weighted by atomic mass is 79.9. The van der Waals surface area contributed by atoms with Crippen LogP contribution in [-0.4, -0.2) is 34.8 Å². The van der Waals surface area contributed by atoms with Crippen LogP contribution in [0.15, 0.2) is 29.0 Å². The summed E-state index contributed by atoms with van der Waals surface area (Å²) in [5, 5.41) is 10.0. The van der Waals surface area contributed by atoms with Gasteiger partial charge in [-0.25, -0.2) is 9.97 Å². The number of rotatable bonds is 5. The SMILES string of the molecule is OCCCCC1CCN(c2ncnc3ccc(Br)cc23)CC1. The monoisotopic (exact) mass is 363 g/mol. The van der Waals surface area contributed by atoms with Crippen molar-refractivity contribution in [2.24, 2.45) is 5.92 Å². The minimum absolute atomic E-state index is 0.320. The molecule has 0 saturated carbocycles. The van der Waals surface area contributed by atoms with E-state index in [2.05, 4.69) is 36.9 Å². The van der Waals surface area contributed by atoms with Gasteiger partial charge < -0.3 is 10.0 Å². The molecule has 0 atom stereocenters. The van der Waals surface area contributed by atoms with Gasteiger partial charge in [0.1, 0.15) is 12.1 Å². The van der Waals surface area contributed by atoms with Gasteiger partial charge in [0.2, 0.25) is 0 Å². The molecule has 3 rings (SSSR count). The Labute approximate surface area is 139 Å². The van der Waals surface area contributed by atoms with Gasteiger partial charge in [-0.05, 0) is 43.4 Å². The highest BCUT2D eigenvalue weighted by Gasteiger charge is 2.21. The van der Waals surface area contributed by atoms with E-state index in [9.17, 15) is 0 Å². The Kier molecular flexibility index (Phi) is 5.26. The third-order valence-corrected chi connectivity index (χ3v) is 5.00. The molecule has 1 aromatic carbocycles. The lowest BCUT2D eigenvalue weighted by atomic mass is 9.91. The number of fused-ring (bicyclic) bond motifs is 1. The molecule has 1 fully saturated rings. The summed E-state index contributed by atoms with van der Waals surface area (Å²) in [5.74, 6) is 1.85. The van der Waals surface area contributed by atoms with E-state index in [0.717, 1.165) is 53.0 Å². The summed E-state index contributed by atoms with van der Waals surface area (Å²) in [6, 6.07) is 6.16. The molecule has 4 nitrogen and oxygen atoms in total. The molecule has 1 N–H and O–H groups in total. The minimum Gasteiger partial charge on any atom is -0.396 e. The lowest BCUT2D eigenvalue weighted by Gasteiger charge is -2.33. The van der Waals surface area contributed by atoms with E-state index < -0.39 is 0 Å². The normalized spacial score (nSPS) is 16.4. The second-order valence-corrected chi connectivity index (χ2v) is 6.92. The molecule has 0 amide bonds. The van der Waals surface area contributed by atoms with Crippen molar-refractivity contribution in [3.05, 3.63) is 29.0 Å². The van der Waals surface area contributed by atoms with Crippen LogP contribution in [0, 0.1) is 5.92 Å². The minimum atomic E-state index is 0.320. The molecule has 1 aliphatic rings. The van der Waals surface area contributed by atoms with Crippen molar-refractivity contribution in [1.29, 1.82) is 0 Å². The van der Waals surface area contributed by atoms with Gasteiger partial charge in [0.05, 0.1) is 5.52 Å². The molecule has 22 heavy (non-hydrogen) atoms. The van der Waals surface area contributed by atoms with E-state index in [1.165, 1.54) is 19.3 Å². The zero-order chi connectivity index (χ0) is 15.4. The predicted octanol–water partition coefficient (Wildman–Crippen LogP) is 3.77. The van der Waals surface area contributed by atoms with Crippen LogP contribution in [0.5, 0.6) is 0 Å². The van der Waals surface area contributed by atoms with Gasteiger partial charge in [-0.2, -0.15) is 0 Å². The first kappa shape index (κ1) is 15.7. The highest BCUT2D eigenvalue weighted by Crippen LogP contribution is 2.30. The number of anilines is 1. The van der Waals surface area contributed by atoms with Crippen LogP contribution in [-0.2, 0) is 0 Å². The number of hydrogen-bond donors (Lipinski definition) is 1. The van der Waals surface area contributed by atoms with Crippen LogP contribution in [0.25, 0.3) is 10.9 Å². The second-order valence-electron chi connectivity index (χ2n) is 6.01. The fourth-order valence-electron chi connectivity index (χ4n) is 3.25. The first-order valence-electron chi connectivity index (χ1n) is 8.04. The third-order valence-electron chi connectivity index (χ3n) is 4.51. The van der Waals surface area contributed by atoms with Gasteiger partial charge in [0, 0.05) is 29.6 Å². The Morgan fingerprint density at radius 2 is 2.00 bits per heavy atom. The standard InChI is InChI=1S/C17H22BrN3O/c18-14-4-5-16-15(11-14)17(20-12-19-16)21-8-6-13(7-9-21)3-1-2-10-22/h4-5,11-13,22H,1-3,6-10H2. The van der Waals surface area contributed by atoms with Gasteiger partial charge in [-0.15, -0.1) is 0 Å². The maximum Gasteiger partial charge on any atom is 0.139 e. The lowest BCUT2D eigenvalue weighted by Crippen LogP contribution is -2.34. The third kappa shape index (κ3) is 3.58. The van der Waals surface area contributed by atoms with Gasteiger partial charge in [-0.3, -0.25) is 0 Å². The second kappa shape index (κ2) is 7.38. The number of nitrogens with zero attached hydrogens (tertiary/aromatic N) is 3. The zero-order valence-corrected chi connectivity index (χ0v) is 14.3. The van der Waals surface area contributed by atoms with Crippen LogP contribution in [0.4, 0.5) is 5.82 Å². The molecule has 1 aromatic heterocycles. The summed E-state index contributed by atoms with van der Waals surface area (Å²) >= 11 is 3.54.